The molecule has 0 aliphatic heterocycles. The van der Waals surface area contributed by atoms with Crippen molar-refractivity contribution in [3.8, 4) is 17.0 Å². The van der Waals surface area contributed by atoms with Crippen molar-refractivity contribution in [2.75, 3.05) is 6.61 Å². The van der Waals surface area contributed by atoms with Gasteiger partial charge in [-0.05, 0) is 31.2 Å². The Morgan fingerprint density at radius 3 is 2.71 bits per heavy atom. The minimum absolute atomic E-state index is 0.272. The van der Waals surface area contributed by atoms with Gasteiger partial charge >= 0.3 is 0 Å². The van der Waals surface area contributed by atoms with E-state index in [-0.39, 0.29) is 5.56 Å². The van der Waals surface area contributed by atoms with Crippen molar-refractivity contribution in [1.82, 2.24) is 5.16 Å². The number of amides is 1. The summed E-state index contributed by atoms with van der Waals surface area (Å²) in [5, 5.41) is 3.77. The Balaban J connectivity index is 2.33. The first-order valence-electron chi connectivity index (χ1n) is 5.19. The lowest BCUT2D eigenvalue weighted by Gasteiger charge is -2.03. The molecule has 0 unspecified atom stereocenters. The highest BCUT2D eigenvalue weighted by atomic mass is 16.5. The summed E-state index contributed by atoms with van der Waals surface area (Å²) in [5.74, 6) is 0.204. The Bertz CT molecular complexity index is 517. The number of carbonyl (C=O) groups is 1. The molecular weight excluding hydrogens is 220 g/mol. The van der Waals surface area contributed by atoms with E-state index in [1.54, 1.807) is 24.3 Å². The van der Waals surface area contributed by atoms with Gasteiger partial charge in [-0.3, -0.25) is 4.79 Å². The van der Waals surface area contributed by atoms with Crippen molar-refractivity contribution in [3.63, 3.8) is 0 Å². The Morgan fingerprint density at radius 2 is 2.12 bits per heavy atom. The molecule has 0 bridgehead atoms. The fraction of sp³-hybridized carbons (Fsp3) is 0.167. The van der Waals surface area contributed by atoms with E-state index >= 15 is 0 Å². The second-order valence-corrected chi connectivity index (χ2v) is 3.40. The van der Waals surface area contributed by atoms with Crippen LogP contribution in [0.1, 0.15) is 17.3 Å². The van der Waals surface area contributed by atoms with E-state index in [0.29, 0.717) is 12.3 Å². The van der Waals surface area contributed by atoms with Gasteiger partial charge < -0.3 is 15.0 Å². The Morgan fingerprint density at radius 1 is 1.41 bits per heavy atom. The largest absolute Gasteiger partial charge is 0.494 e. The summed E-state index contributed by atoms with van der Waals surface area (Å²) in [7, 11) is 0. The van der Waals surface area contributed by atoms with E-state index < -0.39 is 5.91 Å². The van der Waals surface area contributed by atoms with Crippen LogP contribution < -0.4 is 10.5 Å². The van der Waals surface area contributed by atoms with Gasteiger partial charge in [0, 0.05) is 5.56 Å². The van der Waals surface area contributed by atoms with E-state index in [1.165, 1.54) is 6.26 Å². The van der Waals surface area contributed by atoms with Gasteiger partial charge in [-0.15, -0.1) is 0 Å². The molecule has 0 spiro atoms. The van der Waals surface area contributed by atoms with Crippen molar-refractivity contribution < 1.29 is 14.1 Å². The molecule has 5 nitrogen and oxygen atoms in total. The average Bonchev–Trinajstić information content (AvgIpc) is 2.79. The fourth-order valence-corrected chi connectivity index (χ4v) is 1.50. The molecule has 0 atom stereocenters. The number of rotatable bonds is 4. The number of carbonyl (C=O) groups excluding carboxylic acids is 1. The van der Waals surface area contributed by atoms with E-state index in [4.69, 9.17) is 15.0 Å². The SMILES string of the molecule is CCOc1ccc(-c2nocc2C(N)=O)cc1. The third-order valence-electron chi connectivity index (χ3n) is 2.27. The first kappa shape index (κ1) is 11.2. The van der Waals surface area contributed by atoms with Crippen LogP contribution in [-0.2, 0) is 0 Å². The third kappa shape index (κ3) is 2.28. The summed E-state index contributed by atoms with van der Waals surface area (Å²) in [6.07, 6.45) is 1.24. The zero-order valence-electron chi connectivity index (χ0n) is 9.34. The number of primary amides is 1. The zero-order chi connectivity index (χ0) is 12.3. The molecule has 0 saturated heterocycles. The first-order chi connectivity index (χ1) is 8.22. The smallest absolute Gasteiger partial charge is 0.254 e. The second-order valence-electron chi connectivity index (χ2n) is 3.40. The summed E-state index contributed by atoms with van der Waals surface area (Å²) in [6, 6.07) is 7.21. The average molecular weight is 232 g/mol. The molecular formula is C12H12N2O3. The molecule has 1 amide bonds. The summed E-state index contributed by atoms with van der Waals surface area (Å²) in [4.78, 5) is 11.1. The first-order valence-corrected chi connectivity index (χ1v) is 5.19. The molecule has 2 rings (SSSR count). The minimum Gasteiger partial charge on any atom is -0.494 e. The predicted molar refractivity (Wildman–Crippen MR) is 61.6 cm³/mol. The number of hydrogen-bond donors (Lipinski definition) is 1. The van der Waals surface area contributed by atoms with Gasteiger partial charge in [0.25, 0.3) is 5.91 Å². The number of aromatic nitrogens is 1. The monoisotopic (exact) mass is 232 g/mol. The predicted octanol–water partition coefficient (Wildman–Crippen LogP) is 1.84. The Hall–Kier alpha value is -2.30. The lowest BCUT2D eigenvalue weighted by Crippen LogP contribution is -2.11. The summed E-state index contributed by atoms with van der Waals surface area (Å²) in [5.41, 5.74) is 6.69. The van der Waals surface area contributed by atoms with Crippen LogP contribution in [0.25, 0.3) is 11.3 Å². The van der Waals surface area contributed by atoms with Gasteiger partial charge in [0.15, 0.2) is 0 Å². The van der Waals surface area contributed by atoms with Gasteiger partial charge in [-0.25, -0.2) is 0 Å². The molecule has 2 aromatic rings. The zero-order valence-corrected chi connectivity index (χ0v) is 9.34. The molecule has 1 heterocycles. The number of ether oxygens (including phenoxy) is 1. The molecule has 1 aromatic carbocycles. The van der Waals surface area contributed by atoms with Crippen LogP contribution in [0.2, 0.25) is 0 Å². The molecule has 0 radical (unpaired) electrons. The number of nitrogens with zero attached hydrogens (tertiary/aromatic N) is 1. The van der Waals surface area contributed by atoms with Crippen molar-refractivity contribution in [3.05, 3.63) is 36.1 Å². The summed E-state index contributed by atoms with van der Waals surface area (Å²) < 4.78 is 10.1. The van der Waals surface area contributed by atoms with Gasteiger partial charge in [0.2, 0.25) is 0 Å². The number of benzene rings is 1. The molecule has 0 aliphatic carbocycles. The van der Waals surface area contributed by atoms with Crippen molar-refractivity contribution >= 4 is 5.91 Å². The van der Waals surface area contributed by atoms with Gasteiger partial charge in [-0.1, -0.05) is 5.16 Å². The van der Waals surface area contributed by atoms with Crippen LogP contribution in [0.4, 0.5) is 0 Å². The van der Waals surface area contributed by atoms with Crippen molar-refractivity contribution in [1.29, 1.82) is 0 Å². The Labute approximate surface area is 98.2 Å². The maximum atomic E-state index is 11.1. The third-order valence-corrected chi connectivity index (χ3v) is 2.27. The lowest BCUT2D eigenvalue weighted by atomic mass is 10.1. The highest BCUT2D eigenvalue weighted by molar-refractivity contribution is 5.98. The lowest BCUT2D eigenvalue weighted by molar-refractivity contribution is 0.1000. The Kier molecular flexibility index (Phi) is 3.09. The van der Waals surface area contributed by atoms with E-state index in [0.717, 1.165) is 11.3 Å². The quantitative estimate of drug-likeness (QED) is 0.872. The highest BCUT2D eigenvalue weighted by Gasteiger charge is 2.14. The molecule has 2 N–H and O–H groups in total. The van der Waals surface area contributed by atoms with Crippen LogP contribution in [0.15, 0.2) is 35.1 Å². The molecule has 17 heavy (non-hydrogen) atoms. The van der Waals surface area contributed by atoms with Gasteiger partial charge in [0.05, 0.1) is 6.61 Å². The standard InChI is InChI=1S/C12H12N2O3/c1-2-16-9-5-3-8(4-6-9)11-10(12(13)15)7-17-14-11/h3-7H,2H2,1H3,(H2,13,15). The minimum atomic E-state index is -0.560. The molecule has 0 fully saturated rings. The molecule has 0 aliphatic rings. The highest BCUT2D eigenvalue weighted by Crippen LogP contribution is 2.24. The molecule has 0 saturated carbocycles. The van der Waals surface area contributed by atoms with Gasteiger partial charge in [-0.2, -0.15) is 0 Å². The van der Waals surface area contributed by atoms with Crippen LogP contribution >= 0.6 is 0 Å². The topological polar surface area (TPSA) is 78.3 Å². The summed E-state index contributed by atoms with van der Waals surface area (Å²) >= 11 is 0. The van der Waals surface area contributed by atoms with Crippen molar-refractivity contribution in [2.45, 2.75) is 6.92 Å². The molecule has 1 aromatic heterocycles. The number of hydrogen-bond acceptors (Lipinski definition) is 4. The van der Waals surface area contributed by atoms with E-state index in [1.807, 2.05) is 6.92 Å². The molecule has 5 heteroatoms. The van der Waals surface area contributed by atoms with Crippen LogP contribution in [0, 0.1) is 0 Å². The maximum Gasteiger partial charge on any atom is 0.254 e. The molecule has 88 valence electrons. The maximum absolute atomic E-state index is 11.1. The summed E-state index contributed by atoms with van der Waals surface area (Å²) in [6.45, 7) is 2.52. The second kappa shape index (κ2) is 4.69. The van der Waals surface area contributed by atoms with Crippen LogP contribution in [-0.4, -0.2) is 17.7 Å². The van der Waals surface area contributed by atoms with E-state index in [9.17, 15) is 4.79 Å². The van der Waals surface area contributed by atoms with Gasteiger partial charge in [0.1, 0.15) is 23.3 Å². The van der Waals surface area contributed by atoms with E-state index in [2.05, 4.69) is 5.16 Å². The van der Waals surface area contributed by atoms with Crippen LogP contribution in [0.3, 0.4) is 0 Å². The van der Waals surface area contributed by atoms with Crippen LogP contribution in [0.5, 0.6) is 5.75 Å². The number of nitrogens with two attached hydrogens (primary N) is 1. The fourth-order valence-electron chi connectivity index (χ4n) is 1.50. The van der Waals surface area contributed by atoms with Crippen molar-refractivity contribution in [2.24, 2.45) is 5.73 Å². The normalized spacial score (nSPS) is 10.2.